The summed E-state index contributed by atoms with van der Waals surface area (Å²) in [7, 11) is 0. The van der Waals surface area contributed by atoms with Crippen molar-refractivity contribution in [3.8, 4) is 0 Å². The minimum atomic E-state index is -0.762. The van der Waals surface area contributed by atoms with E-state index in [1.165, 1.54) is 41.9 Å². The van der Waals surface area contributed by atoms with E-state index in [0.717, 1.165) is 5.75 Å². The predicted octanol–water partition coefficient (Wildman–Crippen LogP) is 4.02. The number of amides is 1. The van der Waals surface area contributed by atoms with Crippen LogP contribution in [0, 0.1) is 5.82 Å². The normalized spacial score (nSPS) is 19.5. The van der Waals surface area contributed by atoms with Crippen LogP contribution in [0.5, 0.6) is 0 Å². The topological polar surface area (TPSA) is 93.3 Å². The third kappa shape index (κ3) is 4.44. The van der Waals surface area contributed by atoms with Crippen LogP contribution >= 0.6 is 39.5 Å². The number of aliphatic imine (C=N–C) groups is 1. The molecule has 1 aromatic heterocycles. The molecule has 0 aliphatic carbocycles. The van der Waals surface area contributed by atoms with Gasteiger partial charge in [0.15, 0.2) is 10.3 Å². The van der Waals surface area contributed by atoms with Crippen LogP contribution in [-0.2, 0) is 5.54 Å². The first kappa shape index (κ1) is 20.1. The van der Waals surface area contributed by atoms with E-state index in [1.54, 1.807) is 6.07 Å². The molecule has 0 bridgehead atoms. The molecular formula is C17H17BrFN5OS2. The number of carbonyl (C=O) groups excluding carboxylic acids is 1. The predicted molar refractivity (Wildman–Crippen MR) is 112 cm³/mol. The number of rotatable bonds is 4. The van der Waals surface area contributed by atoms with Gasteiger partial charge in [0.25, 0.3) is 5.91 Å². The van der Waals surface area contributed by atoms with E-state index in [2.05, 4.69) is 36.2 Å². The number of nitrogens with one attached hydrogen (secondary N) is 1. The van der Waals surface area contributed by atoms with Gasteiger partial charge >= 0.3 is 0 Å². The van der Waals surface area contributed by atoms with Gasteiger partial charge in [-0.15, -0.1) is 0 Å². The molecular weight excluding hydrogens is 453 g/mol. The fourth-order valence-electron chi connectivity index (χ4n) is 2.70. The SMILES string of the molecule is CSc1ncc(Br)c(C(=O)Nc2ccc(F)c(C3(C)CCSC(N)=N3)c2)n1. The van der Waals surface area contributed by atoms with Gasteiger partial charge in [-0.1, -0.05) is 23.5 Å². The number of nitrogens with two attached hydrogens (primary N) is 1. The molecule has 0 saturated carbocycles. The summed E-state index contributed by atoms with van der Waals surface area (Å²) in [5, 5.41) is 3.69. The molecule has 6 nitrogen and oxygen atoms in total. The second kappa shape index (κ2) is 8.15. The van der Waals surface area contributed by atoms with Crippen molar-refractivity contribution in [1.29, 1.82) is 0 Å². The molecule has 1 unspecified atom stereocenters. The first-order valence-corrected chi connectivity index (χ1v) is 11.0. The summed E-state index contributed by atoms with van der Waals surface area (Å²) < 4.78 is 15.0. The molecule has 10 heteroatoms. The van der Waals surface area contributed by atoms with Crippen molar-refractivity contribution in [2.24, 2.45) is 10.7 Å². The fourth-order valence-corrected chi connectivity index (χ4v) is 4.38. The van der Waals surface area contributed by atoms with Crippen LogP contribution in [0.4, 0.5) is 10.1 Å². The molecule has 0 spiro atoms. The van der Waals surface area contributed by atoms with Crippen LogP contribution in [0.25, 0.3) is 0 Å². The molecule has 1 amide bonds. The first-order chi connectivity index (χ1) is 12.8. The number of anilines is 1. The Morgan fingerprint density at radius 2 is 2.26 bits per heavy atom. The Morgan fingerprint density at radius 3 is 2.96 bits per heavy atom. The molecule has 1 aliphatic rings. The Kier molecular flexibility index (Phi) is 6.07. The highest BCUT2D eigenvalue weighted by atomic mass is 79.9. The lowest BCUT2D eigenvalue weighted by atomic mass is 9.89. The summed E-state index contributed by atoms with van der Waals surface area (Å²) in [6.07, 6.45) is 4.01. The van der Waals surface area contributed by atoms with Gasteiger partial charge in [-0.05, 0) is 53.7 Å². The fraction of sp³-hybridized carbons (Fsp3) is 0.294. The largest absolute Gasteiger partial charge is 0.379 e. The number of hydrogen-bond donors (Lipinski definition) is 2. The van der Waals surface area contributed by atoms with Crippen molar-refractivity contribution >= 4 is 56.2 Å². The number of amidine groups is 1. The average Bonchev–Trinajstić information content (AvgIpc) is 2.63. The zero-order chi connectivity index (χ0) is 19.6. The van der Waals surface area contributed by atoms with E-state index in [-0.39, 0.29) is 11.5 Å². The van der Waals surface area contributed by atoms with Crippen LogP contribution in [0.1, 0.15) is 29.4 Å². The number of carbonyl (C=O) groups is 1. The summed E-state index contributed by atoms with van der Waals surface area (Å²) >= 11 is 6.08. The zero-order valence-electron chi connectivity index (χ0n) is 14.6. The van der Waals surface area contributed by atoms with Gasteiger partial charge in [-0.25, -0.2) is 14.4 Å². The second-order valence-electron chi connectivity index (χ2n) is 6.02. The van der Waals surface area contributed by atoms with Gasteiger partial charge in [-0.3, -0.25) is 9.79 Å². The van der Waals surface area contributed by atoms with Gasteiger partial charge < -0.3 is 11.1 Å². The third-order valence-corrected chi connectivity index (χ3v) is 6.06. The van der Waals surface area contributed by atoms with Crippen molar-refractivity contribution in [1.82, 2.24) is 9.97 Å². The average molecular weight is 470 g/mol. The van der Waals surface area contributed by atoms with Gasteiger partial charge in [0.05, 0.1) is 10.0 Å². The van der Waals surface area contributed by atoms with Crippen molar-refractivity contribution in [3.05, 3.63) is 45.9 Å². The Balaban J connectivity index is 1.91. The highest BCUT2D eigenvalue weighted by molar-refractivity contribution is 9.10. The first-order valence-electron chi connectivity index (χ1n) is 7.98. The van der Waals surface area contributed by atoms with Crippen molar-refractivity contribution < 1.29 is 9.18 Å². The molecule has 142 valence electrons. The zero-order valence-corrected chi connectivity index (χ0v) is 17.8. The third-order valence-electron chi connectivity index (χ3n) is 4.12. The summed E-state index contributed by atoms with van der Waals surface area (Å²) in [4.78, 5) is 25.4. The van der Waals surface area contributed by atoms with Crippen molar-refractivity contribution in [3.63, 3.8) is 0 Å². The Labute approximate surface area is 173 Å². The Hall–Kier alpha value is -1.65. The summed E-state index contributed by atoms with van der Waals surface area (Å²) in [5.41, 5.74) is 6.14. The molecule has 2 aromatic rings. The maximum Gasteiger partial charge on any atom is 0.275 e. The standard InChI is InChI=1S/C17H17BrFN5OS2/c1-17(5-6-27-15(20)24-17)10-7-9(3-4-12(10)19)22-14(25)13-11(18)8-21-16(23-13)26-2/h3-4,7-8H,5-6H2,1-2H3,(H2,20,24)(H,22,25). The van der Waals surface area contributed by atoms with Crippen molar-refractivity contribution in [2.45, 2.75) is 24.0 Å². The number of hydrogen-bond acceptors (Lipinski definition) is 7. The summed E-state index contributed by atoms with van der Waals surface area (Å²) in [6, 6.07) is 4.44. The maximum atomic E-state index is 14.5. The van der Waals surface area contributed by atoms with E-state index in [9.17, 15) is 9.18 Å². The Morgan fingerprint density at radius 1 is 1.48 bits per heavy atom. The number of thioether (sulfide) groups is 2. The van der Waals surface area contributed by atoms with Crippen LogP contribution in [0.3, 0.4) is 0 Å². The lowest BCUT2D eigenvalue weighted by Crippen LogP contribution is -2.30. The molecule has 1 aromatic carbocycles. The second-order valence-corrected chi connectivity index (χ2v) is 8.77. The molecule has 3 rings (SSSR count). The van der Waals surface area contributed by atoms with Crippen molar-refractivity contribution in [2.75, 3.05) is 17.3 Å². The molecule has 0 saturated heterocycles. The van der Waals surface area contributed by atoms with Crippen LogP contribution in [0.15, 0.2) is 39.0 Å². The monoisotopic (exact) mass is 469 g/mol. The number of nitrogens with zero attached hydrogens (tertiary/aromatic N) is 3. The highest BCUT2D eigenvalue weighted by Crippen LogP contribution is 2.37. The van der Waals surface area contributed by atoms with E-state index in [0.29, 0.717) is 32.5 Å². The van der Waals surface area contributed by atoms with Crippen LogP contribution in [0.2, 0.25) is 0 Å². The minimum absolute atomic E-state index is 0.211. The molecule has 0 fully saturated rings. The van der Waals surface area contributed by atoms with Gasteiger partial charge in [0.2, 0.25) is 0 Å². The van der Waals surface area contributed by atoms with Gasteiger partial charge in [0, 0.05) is 23.2 Å². The van der Waals surface area contributed by atoms with Crippen LogP contribution < -0.4 is 11.1 Å². The lowest BCUT2D eigenvalue weighted by Gasteiger charge is -2.30. The molecule has 1 atom stereocenters. The van der Waals surface area contributed by atoms with E-state index in [4.69, 9.17) is 5.73 Å². The van der Waals surface area contributed by atoms with E-state index < -0.39 is 11.4 Å². The summed E-state index contributed by atoms with van der Waals surface area (Å²) in [5.74, 6) is -0.0379. The number of halogens is 2. The number of benzene rings is 1. The van der Waals surface area contributed by atoms with Crippen LogP contribution in [-0.4, -0.2) is 33.1 Å². The molecule has 0 radical (unpaired) electrons. The van der Waals surface area contributed by atoms with Gasteiger partial charge in [-0.2, -0.15) is 0 Å². The maximum absolute atomic E-state index is 14.5. The van der Waals surface area contributed by atoms with Gasteiger partial charge in [0.1, 0.15) is 11.5 Å². The highest BCUT2D eigenvalue weighted by Gasteiger charge is 2.32. The van der Waals surface area contributed by atoms with E-state index in [1.807, 2.05) is 13.2 Å². The summed E-state index contributed by atoms with van der Waals surface area (Å²) in [6.45, 7) is 1.84. The molecule has 27 heavy (non-hydrogen) atoms. The molecule has 3 N–H and O–H groups in total. The molecule has 2 heterocycles. The van der Waals surface area contributed by atoms with E-state index >= 15 is 0 Å². The lowest BCUT2D eigenvalue weighted by molar-refractivity contribution is 0.102. The quantitative estimate of drug-likeness (QED) is 0.518. The number of aromatic nitrogens is 2. The molecule has 1 aliphatic heterocycles. The minimum Gasteiger partial charge on any atom is -0.379 e. The smallest absolute Gasteiger partial charge is 0.275 e. The Bertz CT molecular complexity index is 926.